The highest BCUT2D eigenvalue weighted by Gasteiger charge is 2.13. The van der Waals surface area contributed by atoms with Crippen molar-refractivity contribution in [3.05, 3.63) is 138 Å². The summed E-state index contributed by atoms with van der Waals surface area (Å²) in [7, 11) is 0. The first-order valence-corrected chi connectivity index (χ1v) is 12.2. The van der Waals surface area contributed by atoms with Gasteiger partial charge in [0.05, 0.1) is 0 Å². The van der Waals surface area contributed by atoms with Gasteiger partial charge in [-0.1, -0.05) is 94.8 Å². The summed E-state index contributed by atoms with van der Waals surface area (Å²) in [6.45, 7) is 0. The van der Waals surface area contributed by atoms with Crippen molar-refractivity contribution in [2.75, 3.05) is 4.90 Å². The molecule has 0 spiro atoms. The SMILES string of the molecule is Brc1ccc2cc(-c3ccc(N(c4ccccc4)c4ccc5ccccc5c4)cc3)ccc2c1. The average Bonchev–Trinajstić information content (AvgIpc) is 2.89. The molecule has 0 unspecified atom stereocenters. The van der Waals surface area contributed by atoms with E-state index in [2.05, 4.69) is 154 Å². The summed E-state index contributed by atoms with van der Waals surface area (Å²) >= 11 is 3.56. The summed E-state index contributed by atoms with van der Waals surface area (Å²) < 4.78 is 1.10. The van der Waals surface area contributed by atoms with Gasteiger partial charge < -0.3 is 4.90 Å². The van der Waals surface area contributed by atoms with Gasteiger partial charge in [0, 0.05) is 21.5 Å². The van der Waals surface area contributed by atoms with Crippen molar-refractivity contribution in [3.8, 4) is 11.1 Å². The normalized spacial score (nSPS) is 11.1. The van der Waals surface area contributed by atoms with Gasteiger partial charge in [0.2, 0.25) is 0 Å². The molecule has 6 rings (SSSR count). The Kier molecular flexibility index (Phi) is 5.37. The highest BCUT2D eigenvalue weighted by molar-refractivity contribution is 9.10. The van der Waals surface area contributed by atoms with Crippen molar-refractivity contribution in [2.45, 2.75) is 0 Å². The monoisotopic (exact) mass is 499 g/mol. The minimum Gasteiger partial charge on any atom is -0.310 e. The van der Waals surface area contributed by atoms with E-state index in [-0.39, 0.29) is 0 Å². The third-order valence-electron chi connectivity index (χ3n) is 6.27. The molecule has 6 aromatic carbocycles. The van der Waals surface area contributed by atoms with Gasteiger partial charge in [0.1, 0.15) is 0 Å². The molecule has 0 amide bonds. The zero-order valence-corrected chi connectivity index (χ0v) is 20.1. The van der Waals surface area contributed by atoms with Gasteiger partial charge in [-0.15, -0.1) is 0 Å². The van der Waals surface area contributed by atoms with E-state index >= 15 is 0 Å². The number of hydrogen-bond acceptors (Lipinski definition) is 1. The second kappa shape index (κ2) is 8.81. The van der Waals surface area contributed by atoms with E-state index in [0.29, 0.717) is 0 Å². The van der Waals surface area contributed by atoms with Crippen LogP contribution in [0.1, 0.15) is 0 Å². The molecule has 1 nitrogen and oxygen atoms in total. The third-order valence-corrected chi connectivity index (χ3v) is 6.76. The van der Waals surface area contributed by atoms with E-state index in [0.717, 1.165) is 21.5 Å². The molecule has 0 saturated heterocycles. The van der Waals surface area contributed by atoms with Crippen molar-refractivity contribution in [1.29, 1.82) is 0 Å². The predicted octanol–water partition coefficient (Wildman–Crippen LogP) is 9.89. The molecule has 0 radical (unpaired) electrons. The zero-order valence-electron chi connectivity index (χ0n) is 18.5. The summed E-state index contributed by atoms with van der Waals surface area (Å²) in [5.74, 6) is 0. The Morgan fingerprint density at radius 3 is 1.76 bits per heavy atom. The average molecular weight is 500 g/mol. The maximum atomic E-state index is 3.56. The third kappa shape index (κ3) is 3.98. The highest BCUT2D eigenvalue weighted by atomic mass is 79.9. The topological polar surface area (TPSA) is 3.24 Å². The van der Waals surface area contributed by atoms with Crippen molar-refractivity contribution in [1.82, 2.24) is 0 Å². The van der Waals surface area contributed by atoms with E-state index < -0.39 is 0 Å². The van der Waals surface area contributed by atoms with Crippen LogP contribution >= 0.6 is 15.9 Å². The van der Waals surface area contributed by atoms with Crippen LogP contribution in [-0.2, 0) is 0 Å². The molecular formula is C32H22BrN. The molecule has 0 aromatic heterocycles. The van der Waals surface area contributed by atoms with Gasteiger partial charge in [-0.3, -0.25) is 0 Å². The van der Waals surface area contributed by atoms with Gasteiger partial charge in [-0.25, -0.2) is 0 Å². The number of hydrogen-bond donors (Lipinski definition) is 0. The lowest BCUT2D eigenvalue weighted by atomic mass is 10.0. The van der Waals surface area contributed by atoms with Crippen LogP contribution in [0, 0.1) is 0 Å². The lowest BCUT2D eigenvalue weighted by Gasteiger charge is -2.26. The number of anilines is 3. The van der Waals surface area contributed by atoms with Gasteiger partial charge in [-0.2, -0.15) is 0 Å². The van der Waals surface area contributed by atoms with Crippen LogP contribution in [0.25, 0.3) is 32.7 Å². The summed E-state index contributed by atoms with van der Waals surface area (Å²) in [5.41, 5.74) is 5.85. The minimum absolute atomic E-state index is 1.10. The fourth-order valence-corrected chi connectivity index (χ4v) is 4.92. The lowest BCUT2D eigenvalue weighted by molar-refractivity contribution is 1.29. The first-order chi connectivity index (χ1) is 16.7. The van der Waals surface area contributed by atoms with Crippen LogP contribution in [0.5, 0.6) is 0 Å². The predicted molar refractivity (Wildman–Crippen MR) is 149 cm³/mol. The Balaban J connectivity index is 1.41. The molecule has 2 heteroatoms. The van der Waals surface area contributed by atoms with Gasteiger partial charge >= 0.3 is 0 Å². The van der Waals surface area contributed by atoms with E-state index in [1.807, 2.05) is 0 Å². The summed E-state index contributed by atoms with van der Waals surface area (Å²) in [4.78, 5) is 2.31. The Hall–Kier alpha value is -3.88. The summed E-state index contributed by atoms with van der Waals surface area (Å²) in [5, 5.41) is 4.96. The number of nitrogens with zero attached hydrogens (tertiary/aromatic N) is 1. The Bertz CT molecular complexity index is 1600. The number of para-hydroxylation sites is 1. The first kappa shape index (κ1) is 20.7. The molecule has 0 bridgehead atoms. The van der Waals surface area contributed by atoms with Crippen molar-refractivity contribution < 1.29 is 0 Å². The maximum Gasteiger partial charge on any atom is 0.0468 e. The molecule has 0 aliphatic carbocycles. The van der Waals surface area contributed by atoms with E-state index in [1.54, 1.807) is 0 Å². The number of rotatable bonds is 4. The van der Waals surface area contributed by atoms with Crippen LogP contribution in [0.2, 0.25) is 0 Å². The van der Waals surface area contributed by atoms with E-state index in [4.69, 9.17) is 0 Å². The van der Waals surface area contributed by atoms with Crippen LogP contribution in [-0.4, -0.2) is 0 Å². The molecule has 34 heavy (non-hydrogen) atoms. The summed E-state index contributed by atoms with van der Waals surface area (Å²) in [6.07, 6.45) is 0. The Morgan fingerprint density at radius 2 is 0.941 bits per heavy atom. The second-order valence-corrected chi connectivity index (χ2v) is 9.37. The van der Waals surface area contributed by atoms with Gasteiger partial charge in [0.25, 0.3) is 0 Å². The molecule has 0 aliphatic heterocycles. The molecular weight excluding hydrogens is 478 g/mol. The highest BCUT2D eigenvalue weighted by Crippen LogP contribution is 2.37. The molecule has 0 atom stereocenters. The largest absolute Gasteiger partial charge is 0.310 e. The Labute approximate surface area is 208 Å². The molecule has 0 fully saturated rings. The van der Waals surface area contributed by atoms with Crippen LogP contribution < -0.4 is 4.90 Å². The molecule has 0 aliphatic rings. The van der Waals surface area contributed by atoms with Gasteiger partial charge in [0.15, 0.2) is 0 Å². The fourth-order valence-electron chi connectivity index (χ4n) is 4.54. The Morgan fingerprint density at radius 1 is 0.382 bits per heavy atom. The molecule has 162 valence electrons. The minimum atomic E-state index is 1.10. The van der Waals surface area contributed by atoms with Crippen LogP contribution in [0.15, 0.2) is 138 Å². The molecule has 0 N–H and O–H groups in total. The van der Waals surface area contributed by atoms with Crippen LogP contribution in [0.3, 0.4) is 0 Å². The van der Waals surface area contributed by atoms with Gasteiger partial charge in [-0.05, 0) is 87.3 Å². The maximum absolute atomic E-state index is 3.56. The quantitative estimate of drug-likeness (QED) is 0.233. The number of benzene rings is 6. The lowest BCUT2D eigenvalue weighted by Crippen LogP contribution is -2.09. The smallest absolute Gasteiger partial charge is 0.0468 e. The molecule has 0 heterocycles. The molecule has 6 aromatic rings. The molecule has 0 saturated carbocycles. The van der Waals surface area contributed by atoms with Crippen molar-refractivity contribution in [3.63, 3.8) is 0 Å². The van der Waals surface area contributed by atoms with Crippen LogP contribution in [0.4, 0.5) is 17.1 Å². The van der Waals surface area contributed by atoms with Crippen molar-refractivity contribution >= 4 is 54.5 Å². The van der Waals surface area contributed by atoms with E-state index in [9.17, 15) is 0 Å². The van der Waals surface area contributed by atoms with E-state index in [1.165, 1.54) is 32.7 Å². The zero-order chi connectivity index (χ0) is 22.9. The fraction of sp³-hybridized carbons (Fsp3) is 0. The van der Waals surface area contributed by atoms with Crippen molar-refractivity contribution in [2.24, 2.45) is 0 Å². The first-order valence-electron chi connectivity index (χ1n) is 11.4. The number of halogens is 1. The number of fused-ring (bicyclic) bond motifs is 2. The summed E-state index contributed by atoms with van der Waals surface area (Å²) in [6, 6.07) is 47.6. The standard InChI is InChI=1S/C32H22BrN/c33-29-16-12-27-20-26(10-11-28(27)21-29)24-13-17-31(18-14-24)34(30-8-2-1-3-9-30)32-19-15-23-6-4-5-7-25(23)22-32/h1-22H. The second-order valence-electron chi connectivity index (χ2n) is 8.46.